The molecule has 1 amide bonds. The molecule has 2 fully saturated rings. The minimum Gasteiger partial charge on any atom is -0.493 e. The van der Waals surface area contributed by atoms with Gasteiger partial charge < -0.3 is 23.8 Å². The van der Waals surface area contributed by atoms with Crippen LogP contribution in [0.1, 0.15) is 22.3 Å². The van der Waals surface area contributed by atoms with E-state index in [9.17, 15) is 26.7 Å². The summed E-state index contributed by atoms with van der Waals surface area (Å²) in [5.41, 5.74) is -0.925. The Morgan fingerprint density at radius 3 is 2.69 bits per heavy atom. The number of carbonyl (C=O) groups excluding carboxylic acids is 1. The van der Waals surface area contributed by atoms with Crippen LogP contribution in [0.5, 0.6) is 11.5 Å². The Morgan fingerprint density at radius 1 is 1.14 bits per heavy atom. The lowest BCUT2D eigenvalue weighted by Gasteiger charge is -2.42. The van der Waals surface area contributed by atoms with E-state index < -0.39 is 36.3 Å². The largest absolute Gasteiger partial charge is 0.522 e. The van der Waals surface area contributed by atoms with Gasteiger partial charge in [0.1, 0.15) is 36.7 Å². The van der Waals surface area contributed by atoms with Gasteiger partial charge in [0.25, 0.3) is 5.91 Å². The number of piperidine rings is 1. The minimum atomic E-state index is -4.76. The molecule has 0 spiro atoms. The third-order valence-corrected chi connectivity index (χ3v) is 5.93. The lowest BCUT2D eigenvalue weighted by Crippen LogP contribution is -2.53. The van der Waals surface area contributed by atoms with E-state index in [1.54, 1.807) is 0 Å². The Bertz CT molecular complexity index is 1080. The summed E-state index contributed by atoms with van der Waals surface area (Å²) in [5, 5.41) is 0. The maximum Gasteiger partial charge on any atom is 0.522 e. The molecular formula is C23H22F5NO6. The van der Waals surface area contributed by atoms with Crippen LogP contribution in [0.4, 0.5) is 22.0 Å². The molecule has 2 aliphatic rings. The van der Waals surface area contributed by atoms with Gasteiger partial charge in [-0.05, 0) is 36.4 Å². The highest BCUT2D eigenvalue weighted by Gasteiger charge is 2.52. The molecule has 2 aromatic rings. The first-order valence-corrected chi connectivity index (χ1v) is 10.6. The third kappa shape index (κ3) is 5.34. The van der Waals surface area contributed by atoms with Crippen LogP contribution in [0, 0.1) is 11.6 Å². The standard InChI is InChI=1S/C23H22F5NO6/c1-31-19-10-14(2-5-18(19)32-8-9-34-23(26,27)28)21(30)29-7-6-22(20(12-29)33-13-35-22)16-11-15(24)3-4-17(16)25/h2-5,10-11,20H,6-9,12-13H2,1H3/t20-,22-/m1/s1. The summed E-state index contributed by atoms with van der Waals surface area (Å²) < 4.78 is 90.1. The highest BCUT2D eigenvalue weighted by atomic mass is 19.4. The molecule has 4 rings (SSSR count). The van der Waals surface area contributed by atoms with Gasteiger partial charge in [0.15, 0.2) is 11.5 Å². The number of hydrogen-bond donors (Lipinski definition) is 0. The molecular weight excluding hydrogens is 481 g/mol. The number of alkyl halides is 3. The van der Waals surface area contributed by atoms with Crippen molar-refractivity contribution in [2.75, 3.05) is 40.2 Å². The molecule has 35 heavy (non-hydrogen) atoms. The van der Waals surface area contributed by atoms with Crippen molar-refractivity contribution in [2.45, 2.75) is 24.5 Å². The number of carbonyl (C=O) groups is 1. The first kappa shape index (κ1) is 25.1. The predicted molar refractivity (Wildman–Crippen MR) is 110 cm³/mol. The van der Waals surface area contributed by atoms with Gasteiger partial charge in [0, 0.05) is 24.1 Å². The van der Waals surface area contributed by atoms with E-state index in [0.29, 0.717) is 0 Å². The fourth-order valence-electron chi connectivity index (χ4n) is 4.28. The average Bonchev–Trinajstić information content (AvgIpc) is 3.26. The molecule has 7 nitrogen and oxygen atoms in total. The smallest absolute Gasteiger partial charge is 0.493 e. The molecule has 0 aromatic heterocycles. The van der Waals surface area contributed by atoms with Gasteiger partial charge in [0.05, 0.1) is 20.3 Å². The maximum atomic E-state index is 14.5. The van der Waals surface area contributed by atoms with Crippen LogP contribution in [-0.4, -0.2) is 63.5 Å². The van der Waals surface area contributed by atoms with E-state index in [0.717, 1.165) is 18.2 Å². The van der Waals surface area contributed by atoms with Crippen LogP contribution in [0.25, 0.3) is 0 Å². The Morgan fingerprint density at radius 2 is 1.94 bits per heavy atom. The van der Waals surface area contributed by atoms with Gasteiger partial charge in [-0.3, -0.25) is 9.53 Å². The van der Waals surface area contributed by atoms with Crippen molar-refractivity contribution in [1.82, 2.24) is 4.90 Å². The summed E-state index contributed by atoms with van der Waals surface area (Å²) >= 11 is 0. The number of nitrogens with zero attached hydrogens (tertiary/aromatic N) is 1. The van der Waals surface area contributed by atoms with Crippen molar-refractivity contribution >= 4 is 5.91 Å². The number of ether oxygens (including phenoxy) is 5. The normalized spacial score (nSPS) is 22.1. The number of amides is 1. The van der Waals surface area contributed by atoms with Gasteiger partial charge in [-0.25, -0.2) is 8.78 Å². The molecule has 12 heteroatoms. The summed E-state index contributed by atoms with van der Waals surface area (Å²) in [7, 11) is 1.33. The number of fused-ring (bicyclic) bond motifs is 1. The van der Waals surface area contributed by atoms with Crippen LogP contribution in [0.3, 0.4) is 0 Å². The average molecular weight is 503 g/mol. The van der Waals surface area contributed by atoms with Gasteiger partial charge in [0.2, 0.25) is 0 Å². The monoisotopic (exact) mass is 503 g/mol. The molecule has 2 aliphatic heterocycles. The lowest BCUT2D eigenvalue weighted by molar-refractivity contribution is -0.325. The number of rotatable bonds is 7. The lowest BCUT2D eigenvalue weighted by atomic mass is 9.81. The molecule has 0 saturated carbocycles. The van der Waals surface area contributed by atoms with E-state index in [1.807, 2.05) is 0 Å². The summed E-state index contributed by atoms with van der Waals surface area (Å²) in [6.45, 7) is -0.958. The Balaban J connectivity index is 1.45. The molecule has 0 bridgehead atoms. The first-order valence-electron chi connectivity index (χ1n) is 10.6. The van der Waals surface area contributed by atoms with Crippen molar-refractivity contribution in [2.24, 2.45) is 0 Å². The van der Waals surface area contributed by atoms with E-state index in [1.165, 1.54) is 30.2 Å². The number of benzene rings is 2. The van der Waals surface area contributed by atoms with Crippen molar-refractivity contribution in [3.63, 3.8) is 0 Å². The zero-order valence-corrected chi connectivity index (χ0v) is 18.6. The molecule has 2 saturated heterocycles. The third-order valence-electron chi connectivity index (χ3n) is 5.93. The fourth-order valence-corrected chi connectivity index (χ4v) is 4.28. The fraction of sp³-hybridized carbons (Fsp3) is 0.435. The van der Waals surface area contributed by atoms with Crippen LogP contribution in [0.15, 0.2) is 36.4 Å². The van der Waals surface area contributed by atoms with Crippen molar-refractivity contribution < 1.29 is 50.4 Å². The van der Waals surface area contributed by atoms with E-state index in [4.69, 9.17) is 18.9 Å². The van der Waals surface area contributed by atoms with Crippen molar-refractivity contribution in [1.29, 1.82) is 0 Å². The van der Waals surface area contributed by atoms with Gasteiger partial charge >= 0.3 is 6.36 Å². The number of methoxy groups -OCH3 is 1. The highest BCUT2D eigenvalue weighted by molar-refractivity contribution is 5.95. The SMILES string of the molecule is COc1cc(C(=O)N2CC[C@]3(c4cc(F)ccc4F)OCO[C@@H]3C2)ccc1OCCOC(F)(F)F. The predicted octanol–water partition coefficient (Wildman–Crippen LogP) is 4.00. The second kappa shape index (κ2) is 9.96. The zero-order valence-electron chi connectivity index (χ0n) is 18.6. The van der Waals surface area contributed by atoms with Gasteiger partial charge in [-0.1, -0.05) is 0 Å². The van der Waals surface area contributed by atoms with Crippen LogP contribution < -0.4 is 9.47 Å². The second-order valence-electron chi connectivity index (χ2n) is 7.94. The summed E-state index contributed by atoms with van der Waals surface area (Å²) in [5.74, 6) is -1.32. The Hall–Kier alpha value is -2.96. The minimum absolute atomic E-state index is 0.0461. The summed E-state index contributed by atoms with van der Waals surface area (Å²) in [4.78, 5) is 14.7. The van der Waals surface area contributed by atoms with E-state index >= 15 is 0 Å². The topological polar surface area (TPSA) is 66.5 Å². The number of halogens is 5. The molecule has 2 heterocycles. The quantitative estimate of drug-likeness (QED) is 0.421. The summed E-state index contributed by atoms with van der Waals surface area (Å²) in [6.07, 6.45) is -5.29. The molecule has 0 aliphatic carbocycles. The van der Waals surface area contributed by atoms with Crippen molar-refractivity contribution in [3.05, 3.63) is 59.2 Å². The summed E-state index contributed by atoms with van der Waals surface area (Å²) in [6, 6.07) is 7.39. The zero-order chi connectivity index (χ0) is 25.2. The maximum absolute atomic E-state index is 14.5. The molecule has 2 aromatic carbocycles. The van der Waals surface area contributed by atoms with E-state index in [-0.39, 0.29) is 61.4 Å². The van der Waals surface area contributed by atoms with Crippen LogP contribution in [0.2, 0.25) is 0 Å². The highest BCUT2D eigenvalue weighted by Crippen LogP contribution is 2.44. The Kier molecular flexibility index (Phi) is 7.15. The molecule has 0 radical (unpaired) electrons. The Labute approximate surface area is 197 Å². The molecule has 2 atom stereocenters. The van der Waals surface area contributed by atoms with Gasteiger partial charge in [-0.2, -0.15) is 0 Å². The second-order valence-corrected chi connectivity index (χ2v) is 7.94. The van der Waals surface area contributed by atoms with Gasteiger partial charge in [-0.15, -0.1) is 13.2 Å². The van der Waals surface area contributed by atoms with Crippen molar-refractivity contribution in [3.8, 4) is 11.5 Å². The van der Waals surface area contributed by atoms with E-state index in [2.05, 4.69) is 4.74 Å². The molecule has 190 valence electrons. The van der Waals surface area contributed by atoms with Crippen LogP contribution in [-0.2, 0) is 19.8 Å². The molecule has 0 unspecified atom stereocenters. The van der Waals surface area contributed by atoms with Crippen LogP contribution >= 0.6 is 0 Å². The number of hydrogen-bond acceptors (Lipinski definition) is 6. The number of likely N-dealkylation sites (tertiary alicyclic amines) is 1. The molecule has 0 N–H and O–H groups in total. The first-order chi connectivity index (χ1) is 16.6.